The van der Waals surface area contributed by atoms with Crippen molar-refractivity contribution in [3.8, 4) is 0 Å². The van der Waals surface area contributed by atoms with Crippen LogP contribution in [0.4, 0.5) is 0 Å². The number of hydrogen-bond acceptors (Lipinski definition) is 4. The maximum Gasteiger partial charge on any atom is 0.305 e. The second kappa shape index (κ2) is 7.47. The Kier molecular flexibility index (Phi) is 5.90. The number of H-pyrrole nitrogens is 1. The highest BCUT2D eigenvalue weighted by Gasteiger charge is 2.09. The van der Waals surface area contributed by atoms with Gasteiger partial charge in [-0.3, -0.25) is 14.7 Å². The first kappa shape index (κ1) is 14.2. The van der Waals surface area contributed by atoms with Gasteiger partial charge in [0.1, 0.15) is 5.69 Å². The summed E-state index contributed by atoms with van der Waals surface area (Å²) in [4.78, 5) is 22.7. The van der Waals surface area contributed by atoms with Gasteiger partial charge in [-0.1, -0.05) is 6.92 Å². The molecule has 1 amide bonds. The molecule has 0 aliphatic carbocycles. The predicted molar refractivity (Wildman–Crippen MR) is 66.2 cm³/mol. The van der Waals surface area contributed by atoms with E-state index >= 15 is 0 Å². The molecule has 0 saturated carbocycles. The lowest BCUT2D eigenvalue weighted by Crippen LogP contribution is -2.25. The van der Waals surface area contributed by atoms with Gasteiger partial charge in [0.2, 0.25) is 0 Å². The maximum absolute atomic E-state index is 11.6. The summed E-state index contributed by atoms with van der Waals surface area (Å²) in [5, 5.41) is 9.38. The zero-order valence-electron chi connectivity index (χ0n) is 10.8. The van der Waals surface area contributed by atoms with Gasteiger partial charge >= 0.3 is 5.97 Å². The number of carbonyl (C=O) groups is 2. The van der Waals surface area contributed by atoms with Gasteiger partial charge < -0.3 is 10.1 Å². The van der Waals surface area contributed by atoms with Crippen molar-refractivity contribution in [1.29, 1.82) is 0 Å². The summed E-state index contributed by atoms with van der Waals surface area (Å²) in [5.74, 6) is -0.463. The van der Waals surface area contributed by atoms with Crippen LogP contribution in [0.3, 0.4) is 0 Å². The molecule has 1 aromatic rings. The molecule has 1 aromatic heterocycles. The Bertz CT molecular complexity index is 401. The molecule has 100 valence electrons. The summed E-state index contributed by atoms with van der Waals surface area (Å²) in [7, 11) is 0. The van der Waals surface area contributed by atoms with Crippen molar-refractivity contribution < 1.29 is 14.3 Å². The van der Waals surface area contributed by atoms with Crippen LogP contribution in [0.1, 0.15) is 42.9 Å². The summed E-state index contributed by atoms with van der Waals surface area (Å²) in [6.45, 7) is 4.57. The smallest absolute Gasteiger partial charge is 0.305 e. The number of nitrogens with one attached hydrogen (secondary N) is 2. The number of hydrogen-bond donors (Lipinski definition) is 2. The van der Waals surface area contributed by atoms with Crippen LogP contribution in [0.2, 0.25) is 0 Å². The first-order valence-corrected chi connectivity index (χ1v) is 6.15. The van der Waals surface area contributed by atoms with E-state index < -0.39 is 0 Å². The number of aromatic nitrogens is 2. The fourth-order valence-electron chi connectivity index (χ4n) is 1.42. The Morgan fingerprint density at radius 1 is 1.44 bits per heavy atom. The molecule has 0 aliphatic rings. The van der Waals surface area contributed by atoms with E-state index in [9.17, 15) is 9.59 Å². The second-order valence-corrected chi connectivity index (χ2v) is 3.80. The van der Waals surface area contributed by atoms with E-state index in [0.717, 1.165) is 12.1 Å². The van der Waals surface area contributed by atoms with Gasteiger partial charge in [-0.2, -0.15) is 5.10 Å². The molecule has 0 bridgehead atoms. The number of aryl methyl sites for hydroxylation is 1. The zero-order chi connectivity index (χ0) is 13.4. The van der Waals surface area contributed by atoms with Gasteiger partial charge in [-0.15, -0.1) is 0 Å². The molecule has 0 saturated heterocycles. The number of aromatic amines is 1. The molecule has 6 nitrogen and oxygen atoms in total. The van der Waals surface area contributed by atoms with Crippen molar-refractivity contribution in [2.24, 2.45) is 0 Å². The minimum absolute atomic E-state index is 0.227. The minimum Gasteiger partial charge on any atom is -0.466 e. The molecule has 2 N–H and O–H groups in total. The van der Waals surface area contributed by atoms with Crippen molar-refractivity contribution in [1.82, 2.24) is 15.5 Å². The molecule has 6 heteroatoms. The Morgan fingerprint density at radius 3 is 2.83 bits per heavy atom. The van der Waals surface area contributed by atoms with E-state index in [4.69, 9.17) is 4.74 Å². The molecule has 0 spiro atoms. The van der Waals surface area contributed by atoms with Crippen LogP contribution in [0, 0.1) is 0 Å². The van der Waals surface area contributed by atoms with Gasteiger partial charge in [0.15, 0.2) is 0 Å². The van der Waals surface area contributed by atoms with Crippen LogP contribution in [-0.2, 0) is 16.0 Å². The lowest BCUT2D eigenvalue weighted by Gasteiger charge is -2.03. The Hall–Kier alpha value is -1.85. The van der Waals surface area contributed by atoms with Crippen molar-refractivity contribution >= 4 is 11.9 Å². The van der Waals surface area contributed by atoms with Gasteiger partial charge in [-0.25, -0.2) is 0 Å². The molecule has 0 atom stereocenters. The summed E-state index contributed by atoms with van der Waals surface area (Å²) in [6.07, 6.45) is 1.69. The predicted octanol–water partition coefficient (Wildman–Crippen LogP) is 1.05. The number of amides is 1. The number of nitrogens with zero attached hydrogens (tertiary/aromatic N) is 1. The van der Waals surface area contributed by atoms with Gasteiger partial charge in [-0.05, 0) is 25.8 Å². The van der Waals surface area contributed by atoms with Crippen molar-refractivity contribution in [2.75, 3.05) is 13.2 Å². The van der Waals surface area contributed by atoms with Crippen LogP contribution in [-0.4, -0.2) is 35.2 Å². The Morgan fingerprint density at radius 2 is 2.22 bits per heavy atom. The molecule has 0 aromatic carbocycles. The number of esters is 1. The molecule has 1 heterocycles. The maximum atomic E-state index is 11.6. The molecule has 1 rings (SSSR count). The topological polar surface area (TPSA) is 84.1 Å². The Labute approximate surface area is 106 Å². The summed E-state index contributed by atoms with van der Waals surface area (Å²) >= 11 is 0. The molecule has 0 aliphatic heterocycles. The number of ether oxygens (including phenoxy) is 1. The van der Waals surface area contributed by atoms with Crippen LogP contribution >= 0.6 is 0 Å². The third-order valence-corrected chi connectivity index (χ3v) is 2.39. The molecular formula is C12H19N3O3. The van der Waals surface area contributed by atoms with E-state index in [0.29, 0.717) is 31.7 Å². The normalized spacial score (nSPS) is 10.1. The standard InChI is InChI=1S/C12H19N3O3/c1-3-9-8-10(15-14-9)12(17)13-7-5-6-11(16)18-4-2/h8H,3-7H2,1-2H3,(H,13,17)(H,14,15). The summed E-state index contributed by atoms with van der Waals surface area (Å²) in [6, 6.07) is 1.72. The third kappa shape index (κ3) is 4.57. The van der Waals surface area contributed by atoms with E-state index in [2.05, 4.69) is 15.5 Å². The van der Waals surface area contributed by atoms with Gasteiger partial charge in [0, 0.05) is 18.7 Å². The quantitative estimate of drug-likeness (QED) is 0.562. The first-order chi connectivity index (χ1) is 8.67. The molecule has 0 unspecified atom stereocenters. The highest BCUT2D eigenvalue weighted by atomic mass is 16.5. The number of rotatable bonds is 7. The highest BCUT2D eigenvalue weighted by Crippen LogP contribution is 2.00. The lowest BCUT2D eigenvalue weighted by atomic mass is 10.3. The van der Waals surface area contributed by atoms with E-state index in [1.165, 1.54) is 0 Å². The molecule has 0 radical (unpaired) electrons. The minimum atomic E-state index is -0.236. The zero-order valence-corrected chi connectivity index (χ0v) is 10.8. The molecule has 0 fully saturated rings. The number of carbonyl (C=O) groups excluding carboxylic acids is 2. The molecular weight excluding hydrogens is 234 g/mol. The average Bonchev–Trinajstić information content (AvgIpc) is 2.83. The fraction of sp³-hybridized carbons (Fsp3) is 0.583. The van der Waals surface area contributed by atoms with E-state index in [1.54, 1.807) is 13.0 Å². The fourth-order valence-corrected chi connectivity index (χ4v) is 1.42. The van der Waals surface area contributed by atoms with Gasteiger partial charge in [0.25, 0.3) is 5.91 Å². The third-order valence-electron chi connectivity index (χ3n) is 2.39. The van der Waals surface area contributed by atoms with Crippen molar-refractivity contribution in [2.45, 2.75) is 33.1 Å². The van der Waals surface area contributed by atoms with Crippen LogP contribution in [0.5, 0.6) is 0 Å². The Balaban J connectivity index is 2.23. The monoisotopic (exact) mass is 253 g/mol. The van der Waals surface area contributed by atoms with Crippen molar-refractivity contribution in [3.63, 3.8) is 0 Å². The van der Waals surface area contributed by atoms with E-state index in [-0.39, 0.29) is 11.9 Å². The lowest BCUT2D eigenvalue weighted by molar-refractivity contribution is -0.143. The summed E-state index contributed by atoms with van der Waals surface area (Å²) in [5.41, 5.74) is 1.30. The first-order valence-electron chi connectivity index (χ1n) is 6.15. The van der Waals surface area contributed by atoms with Crippen LogP contribution < -0.4 is 5.32 Å². The van der Waals surface area contributed by atoms with Crippen LogP contribution in [0.25, 0.3) is 0 Å². The largest absolute Gasteiger partial charge is 0.466 e. The average molecular weight is 253 g/mol. The van der Waals surface area contributed by atoms with Gasteiger partial charge in [0.05, 0.1) is 6.61 Å². The van der Waals surface area contributed by atoms with Crippen LogP contribution in [0.15, 0.2) is 6.07 Å². The summed E-state index contributed by atoms with van der Waals surface area (Å²) < 4.78 is 4.78. The second-order valence-electron chi connectivity index (χ2n) is 3.80. The highest BCUT2D eigenvalue weighted by molar-refractivity contribution is 5.92. The molecule has 18 heavy (non-hydrogen) atoms. The van der Waals surface area contributed by atoms with E-state index in [1.807, 2.05) is 6.92 Å². The van der Waals surface area contributed by atoms with Crippen molar-refractivity contribution in [3.05, 3.63) is 17.5 Å². The SMILES string of the molecule is CCOC(=O)CCCNC(=O)c1cc(CC)[nH]n1.